The maximum atomic E-state index is 13.3. The number of H-pyrrole nitrogens is 1. The van der Waals surface area contributed by atoms with E-state index in [1.807, 2.05) is 0 Å². The van der Waals surface area contributed by atoms with E-state index in [1.165, 1.54) is 18.4 Å². The minimum Gasteiger partial charge on any atom is -0.459 e. The number of halogens is 1. The van der Waals surface area contributed by atoms with Crippen molar-refractivity contribution in [3.63, 3.8) is 0 Å². The summed E-state index contributed by atoms with van der Waals surface area (Å²) in [4.78, 5) is 43.1. The third-order valence-electron chi connectivity index (χ3n) is 5.14. The molecule has 0 radical (unpaired) electrons. The molecule has 3 heterocycles. The van der Waals surface area contributed by atoms with Crippen LogP contribution in [0.25, 0.3) is 10.9 Å². The van der Waals surface area contributed by atoms with Crippen molar-refractivity contribution in [2.24, 2.45) is 0 Å². The number of amides is 2. The molecule has 1 fully saturated rings. The molecule has 0 saturated carbocycles. The third-order valence-corrected chi connectivity index (χ3v) is 5.14. The minimum absolute atomic E-state index is 0.0614. The van der Waals surface area contributed by atoms with Gasteiger partial charge in [-0.25, -0.2) is 4.39 Å². The van der Waals surface area contributed by atoms with Crippen molar-refractivity contribution in [1.82, 2.24) is 14.8 Å². The number of benzene rings is 1. The second-order valence-electron chi connectivity index (χ2n) is 7.01. The molecule has 0 spiro atoms. The van der Waals surface area contributed by atoms with Crippen LogP contribution >= 0.6 is 0 Å². The highest BCUT2D eigenvalue weighted by Gasteiger charge is 2.25. The molecule has 150 valence electrons. The van der Waals surface area contributed by atoms with Gasteiger partial charge in [0.1, 0.15) is 5.82 Å². The maximum Gasteiger partial charge on any atom is 0.289 e. The van der Waals surface area contributed by atoms with E-state index in [2.05, 4.69) is 4.98 Å². The van der Waals surface area contributed by atoms with E-state index < -0.39 is 5.82 Å². The molecule has 7 nitrogen and oxygen atoms in total. The second kappa shape index (κ2) is 7.90. The number of hydrogen-bond donors (Lipinski definition) is 1. The van der Waals surface area contributed by atoms with Gasteiger partial charge in [0.2, 0.25) is 5.91 Å². The lowest BCUT2D eigenvalue weighted by Crippen LogP contribution is -2.50. The number of carbonyl (C=O) groups is 2. The fourth-order valence-electron chi connectivity index (χ4n) is 3.52. The maximum absolute atomic E-state index is 13.3. The van der Waals surface area contributed by atoms with Crippen LogP contribution in [0.2, 0.25) is 0 Å². The molecule has 0 atom stereocenters. The smallest absolute Gasteiger partial charge is 0.289 e. The van der Waals surface area contributed by atoms with E-state index in [1.54, 1.807) is 34.1 Å². The quantitative estimate of drug-likeness (QED) is 0.731. The van der Waals surface area contributed by atoms with Crippen molar-refractivity contribution >= 4 is 22.7 Å². The van der Waals surface area contributed by atoms with Crippen LogP contribution in [0.3, 0.4) is 0 Å². The predicted octanol–water partition coefficient (Wildman–Crippen LogP) is 2.18. The number of furan rings is 1. The lowest BCUT2D eigenvalue weighted by Gasteiger charge is -2.34. The first-order valence-electron chi connectivity index (χ1n) is 9.43. The largest absolute Gasteiger partial charge is 0.459 e. The molecule has 2 amide bonds. The van der Waals surface area contributed by atoms with Crippen LogP contribution in [0, 0.1) is 5.82 Å². The molecule has 1 aliphatic heterocycles. The number of aromatic nitrogens is 1. The zero-order valence-electron chi connectivity index (χ0n) is 15.7. The average Bonchev–Trinajstić information content (AvgIpc) is 3.26. The Morgan fingerprint density at radius 3 is 2.55 bits per heavy atom. The first-order chi connectivity index (χ1) is 14.0. The van der Waals surface area contributed by atoms with E-state index in [9.17, 15) is 18.8 Å². The van der Waals surface area contributed by atoms with Crippen molar-refractivity contribution in [3.05, 3.63) is 70.2 Å². The summed E-state index contributed by atoms with van der Waals surface area (Å²) >= 11 is 0. The van der Waals surface area contributed by atoms with Crippen LogP contribution in [0.15, 0.2) is 51.9 Å². The number of fused-ring (bicyclic) bond motifs is 1. The Labute approximate surface area is 165 Å². The van der Waals surface area contributed by atoms with Gasteiger partial charge in [0, 0.05) is 38.2 Å². The molecule has 8 heteroatoms. The van der Waals surface area contributed by atoms with Gasteiger partial charge in [0.05, 0.1) is 11.8 Å². The zero-order valence-corrected chi connectivity index (χ0v) is 15.7. The highest BCUT2D eigenvalue weighted by atomic mass is 19.1. The lowest BCUT2D eigenvalue weighted by atomic mass is 10.1. The summed E-state index contributed by atoms with van der Waals surface area (Å²) in [5.41, 5.74) is 0.608. The number of piperazine rings is 1. The molecule has 1 N–H and O–H groups in total. The molecule has 1 aromatic carbocycles. The molecule has 0 aliphatic carbocycles. The number of hydrogen-bond acceptors (Lipinski definition) is 4. The summed E-state index contributed by atoms with van der Waals surface area (Å²) in [6.45, 7) is 1.76. The molecule has 4 rings (SSSR count). The number of rotatable bonds is 4. The summed E-state index contributed by atoms with van der Waals surface area (Å²) in [5.74, 6) is -0.365. The fraction of sp³-hybridized carbons (Fsp3) is 0.286. The monoisotopic (exact) mass is 397 g/mol. The first-order valence-corrected chi connectivity index (χ1v) is 9.43. The number of carbonyl (C=O) groups excluding carboxylic acids is 2. The lowest BCUT2D eigenvalue weighted by molar-refractivity contribution is -0.132. The normalized spacial score (nSPS) is 14.4. The van der Waals surface area contributed by atoms with Crippen molar-refractivity contribution in [3.8, 4) is 0 Å². The number of pyridine rings is 1. The zero-order chi connectivity index (χ0) is 20.4. The first kappa shape index (κ1) is 18.9. The fourth-order valence-corrected chi connectivity index (χ4v) is 3.52. The van der Waals surface area contributed by atoms with Gasteiger partial charge in [-0.05, 0) is 48.2 Å². The van der Waals surface area contributed by atoms with Crippen LogP contribution in [0.1, 0.15) is 22.5 Å². The van der Waals surface area contributed by atoms with E-state index in [0.29, 0.717) is 49.4 Å². The summed E-state index contributed by atoms with van der Waals surface area (Å²) < 4.78 is 18.4. The molecule has 2 aromatic heterocycles. The molecular weight excluding hydrogens is 377 g/mol. The topological polar surface area (TPSA) is 86.6 Å². The van der Waals surface area contributed by atoms with Crippen molar-refractivity contribution < 1.29 is 18.4 Å². The minimum atomic E-state index is -0.416. The van der Waals surface area contributed by atoms with Crippen LogP contribution < -0.4 is 5.56 Å². The van der Waals surface area contributed by atoms with E-state index in [4.69, 9.17) is 4.42 Å². The molecule has 29 heavy (non-hydrogen) atoms. The van der Waals surface area contributed by atoms with Gasteiger partial charge in [0.25, 0.3) is 11.5 Å². The van der Waals surface area contributed by atoms with Gasteiger partial charge in [-0.3, -0.25) is 14.4 Å². The van der Waals surface area contributed by atoms with E-state index >= 15 is 0 Å². The SMILES string of the molecule is O=C(CCc1cc2ccc(F)cc2[nH]c1=O)N1CCN(C(=O)c2ccco2)CC1. The highest BCUT2D eigenvalue weighted by molar-refractivity contribution is 5.91. The molecule has 0 unspecified atom stereocenters. The molecule has 1 saturated heterocycles. The Morgan fingerprint density at radius 1 is 1.07 bits per heavy atom. The summed E-state index contributed by atoms with van der Waals surface area (Å²) in [6, 6.07) is 9.18. The van der Waals surface area contributed by atoms with E-state index in [-0.39, 0.29) is 23.8 Å². The Morgan fingerprint density at radius 2 is 1.83 bits per heavy atom. The summed E-state index contributed by atoms with van der Waals surface area (Å²) in [7, 11) is 0. The second-order valence-corrected chi connectivity index (χ2v) is 7.01. The molecule has 3 aromatic rings. The standard InChI is InChI=1S/C21H20FN3O4/c22-16-5-3-14-12-15(20(27)23-17(14)13-16)4-6-19(26)24-7-9-25(10-8-24)21(28)18-2-1-11-29-18/h1-3,5,11-13H,4,6-10H2,(H,23,27). The van der Waals surface area contributed by atoms with Gasteiger partial charge in [-0.1, -0.05) is 0 Å². The number of nitrogens with zero attached hydrogens (tertiary/aromatic N) is 2. The Bertz CT molecular complexity index is 1100. The third kappa shape index (κ3) is 4.06. The van der Waals surface area contributed by atoms with Crippen molar-refractivity contribution in [2.45, 2.75) is 12.8 Å². The predicted molar refractivity (Wildman–Crippen MR) is 104 cm³/mol. The van der Waals surface area contributed by atoms with Gasteiger partial charge >= 0.3 is 0 Å². The van der Waals surface area contributed by atoms with Crippen molar-refractivity contribution in [1.29, 1.82) is 0 Å². The van der Waals surface area contributed by atoms with E-state index in [0.717, 1.165) is 5.39 Å². The number of nitrogens with one attached hydrogen (secondary N) is 1. The number of aromatic amines is 1. The van der Waals surface area contributed by atoms with Gasteiger partial charge in [-0.2, -0.15) is 0 Å². The molecule has 0 bridgehead atoms. The van der Waals surface area contributed by atoms with Crippen LogP contribution in [0.5, 0.6) is 0 Å². The van der Waals surface area contributed by atoms with Crippen LogP contribution in [0.4, 0.5) is 4.39 Å². The molecular formula is C21H20FN3O4. The Balaban J connectivity index is 1.34. The highest BCUT2D eigenvalue weighted by Crippen LogP contribution is 2.15. The van der Waals surface area contributed by atoms with Gasteiger partial charge < -0.3 is 19.2 Å². The van der Waals surface area contributed by atoms with Crippen LogP contribution in [-0.4, -0.2) is 52.8 Å². The Hall–Kier alpha value is -3.42. The van der Waals surface area contributed by atoms with Crippen molar-refractivity contribution in [2.75, 3.05) is 26.2 Å². The van der Waals surface area contributed by atoms with Gasteiger partial charge in [0.15, 0.2) is 5.76 Å². The average molecular weight is 397 g/mol. The number of aryl methyl sites for hydroxylation is 1. The van der Waals surface area contributed by atoms with Gasteiger partial charge in [-0.15, -0.1) is 0 Å². The Kier molecular flexibility index (Phi) is 5.16. The van der Waals surface area contributed by atoms with Crippen LogP contribution in [-0.2, 0) is 11.2 Å². The summed E-state index contributed by atoms with van der Waals surface area (Å²) in [5, 5.41) is 0.721. The summed E-state index contributed by atoms with van der Waals surface area (Å²) in [6.07, 6.45) is 1.95. The molecule has 1 aliphatic rings.